The summed E-state index contributed by atoms with van der Waals surface area (Å²) in [5, 5.41) is 11.6. The number of ether oxygens (including phenoxy) is 4. The van der Waals surface area contributed by atoms with E-state index in [1.165, 1.54) is 46.3 Å². The summed E-state index contributed by atoms with van der Waals surface area (Å²) in [6.45, 7) is 4.34. The van der Waals surface area contributed by atoms with Gasteiger partial charge in [0, 0.05) is 11.1 Å². The summed E-state index contributed by atoms with van der Waals surface area (Å²) in [5.41, 5.74) is 0.795. The number of benzene rings is 4. The summed E-state index contributed by atoms with van der Waals surface area (Å²) in [7, 11) is -0.732. The average Bonchev–Trinajstić information content (AvgIpc) is 3.82. The number of aromatic nitrogens is 1. The normalized spacial score (nSPS) is 16.0. The van der Waals surface area contributed by atoms with E-state index in [2.05, 4.69) is 20.5 Å². The molecule has 2 aliphatic rings. The molecule has 4 aromatic carbocycles. The molecule has 7 rings (SSSR count). The molecule has 1 saturated heterocycles. The highest BCUT2D eigenvalue weighted by atomic mass is 32.2. The van der Waals surface area contributed by atoms with Gasteiger partial charge in [0.1, 0.15) is 59.3 Å². The van der Waals surface area contributed by atoms with Crippen LogP contribution in [0.25, 0.3) is 0 Å². The highest BCUT2D eigenvalue weighted by Crippen LogP contribution is 2.43. The van der Waals surface area contributed by atoms with Crippen LogP contribution in [0.2, 0.25) is 0 Å². The molecule has 21 heteroatoms. The molecule has 0 aliphatic carbocycles. The quantitative estimate of drug-likeness (QED) is 0.0248. The maximum Gasteiger partial charge on any atom is 0.420 e. The number of sulfone groups is 1. The number of thiazole rings is 1. The molecule has 4 amide bonds. The third kappa shape index (κ3) is 11.3. The van der Waals surface area contributed by atoms with Gasteiger partial charge in [0.15, 0.2) is 20.7 Å². The Balaban J connectivity index is 1.15. The van der Waals surface area contributed by atoms with Crippen molar-refractivity contribution in [3.05, 3.63) is 160 Å². The minimum atomic E-state index is -4.47. The topological polar surface area (TPSA) is 221 Å². The van der Waals surface area contributed by atoms with Crippen LogP contribution in [-0.2, 0) is 55.4 Å². The first-order valence-corrected chi connectivity index (χ1v) is 25.3. The Morgan fingerprint density at radius 2 is 1.43 bits per heavy atom. The van der Waals surface area contributed by atoms with E-state index >= 15 is 0 Å². The van der Waals surface area contributed by atoms with Gasteiger partial charge in [0.25, 0.3) is 11.8 Å². The van der Waals surface area contributed by atoms with Gasteiger partial charge in [-0.3, -0.25) is 14.5 Å². The summed E-state index contributed by atoms with van der Waals surface area (Å²) in [6, 6.07) is 35.1. The second kappa shape index (κ2) is 21.6. The Hall–Kier alpha value is -7.23. The number of carbonyl (C=O) groups excluding carboxylic acids is 5. The number of nitrogens with one attached hydrogen (secondary N) is 2. The highest BCUT2D eigenvalue weighted by Gasteiger charge is 2.55. The lowest BCUT2D eigenvalue weighted by molar-refractivity contribution is -0.153. The van der Waals surface area contributed by atoms with Crippen LogP contribution in [0, 0.1) is 0 Å². The minimum Gasteiger partial charge on any atom is -0.497 e. The van der Waals surface area contributed by atoms with Crippen molar-refractivity contribution in [3.8, 4) is 5.75 Å². The third-order valence-corrected chi connectivity index (χ3v) is 14.4. The van der Waals surface area contributed by atoms with Crippen molar-refractivity contribution in [2.24, 2.45) is 5.16 Å². The van der Waals surface area contributed by atoms with E-state index in [4.69, 9.17) is 24.0 Å². The number of hydrogen-bond acceptors (Lipinski definition) is 17. The molecule has 2 atom stereocenters. The number of amides is 4. The van der Waals surface area contributed by atoms with Crippen molar-refractivity contribution in [2.45, 2.75) is 49.9 Å². The monoisotopic (exact) mass is 1010 g/mol. The fourth-order valence-corrected chi connectivity index (χ4v) is 11.4. The fraction of sp³-hybridized carbons (Fsp3) is 0.286. The van der Waals surface area contributed by atoms with Crippen molar-refractivity contribution in [2.75, 3.05) is 44.0 Å². The SMILES string of the molecule is CO/N=C(\C(=O)NC1C(=O)N2C(C(=O)OCc3ccc(OC)cc3)=C(CS(=O)(=O)CN(C(=O)OC)C(=O)OC(C)(C)C)CS[C@H]12)c1csc(NC(c2ccccc2)(c2ccccc2)c2ccccc2)n1. The number of anilines is 1. The number of fused-ring (bicyclic) bond motifs is 1. The number of methoxy groups -OCH3 is 2. The van der Waals surface area contributed by atoms with E-state index in [1.807, 2.05) is 91.0 Å². The van der Waals surface area contributed by atoms with Gasteiger partial charge in [0.05, 0.1) is 20.0 Å². The number of imide groups is 1. The molecule has 0 bridgehead atoms. The Labute approximate surface area is 412 Å². The molecular weight excluding hydrogens is 961 g/mol. The van der Waals surface area contributed by atoms with Crippen LogP contribution in [0.1, 0.15) is 48.7 Å². The number of nitrogens with zero attached hydrogens (tertiary/aromatic N) is 4. The lowest BCUT2D eigenvalue weighted by Gasteiger charge is -2.49. The predicted molar refractivity (Wildman–Crippen MR) is 262 cm³/mol. The number of rotatable bonds is 17. The zero-order valence-corrected chi connectivity index (χ0v) is 41.4. The smallest absolute Gasteiger partial charge is 0.420 e. The lowest BCUT2D eigenvalue weighted by atomic mass is 9.77. The largest absolute Gasteiger partial charge is 0.497 e. The van der Waals surface area contributed by atoms with Crippen LogP contribution in [0.3, 0.4) is 0 Å². The predicted octanol–water partition coefficient (Wildman–Crippen LogP) is 6.68. The van der Waals surface area contributed by atoms with Crippen LogP contribution in [-0.4, -0.2) is 115 Å². The highest BCUT2D eigenvalue weighted by molar-refractivity contribution is 8.00. The molecule has 1 unspecified atom stereocenters. The van der Waals surface area contributed by atoms with Crippen LogP contribution >= 0.6 is 23.1 Å². The molecule has 70 heavy (non-hydrogen) atoms. The Kier molecular flexibility index (Phi) is 15.6. The van der Waals surface area contributed by atoms with Crippen molar-refractivity contribution in [3.63, 3.8) is 0 Å². The Morgan fingerprint density at radius 3 is 1.96 bits per heavy atom. The molecule has 1 fully saturated rings. The summed E-state index contributed by atoms with van der Waals surface area (Å²) < 4.78 is 48.4. The van der Waals surface area contributed by atoms with Crippen LogP contribution in [0.4, 0.5) is 14.7 Å². The zero-order valence-electron chi connectivity index (χ0n) is 38.9. The number of thioether (sulfide) groups is 1. The van der Waals surface area contributed by atoms with E-state index in [0.717, 1.165) is 40.5 Å². The first-order valence-electron chi connectivity index (χ1n) is 21.6. The zero-order chi connectivity index (χ0) is 50.2. The molecule has 0 radical (unpaired) electrons. The van der Waals surface area contributed by atoms with E-state index in [1.54, 1.807) is 29.6 Å². The molecular formula is C49H50N6O12S3. The molecule has 18 nitrogen and oxygen atoms in total. The van der Waals surface area contributed by atoms with E-state index in [9.17, 15) is 32.4 Å². The van der Waals surface area contributed by atoms with Crippen LogP contribution in [0.15, 0.2) is 137 Å². The van der Waals surface area contributed by atoms with Crippen molar-refractivity contribution in [1.82, 2.24) is 20.1 Å². The Bertz CT molecular complexity index is 2790. The van der Waals surface area contributed by atoms with Gasteiger partial charge in [-0.1, -0.05) is 108 Å². The molecule has 5 aromatic rings. The van der Waals surface area contributed by atoms with Crippen molar-refractivity contribution < 1.29 is 56.2 Å². The van der Waals surface area contributed by atoms with E-state index in [0.29, 0.717) is 16.4 Å². The van der Waals surface area contributed by atoms with Crippen LogP contribution in [0.5, 0.6) is 5.75 Å². The first-order chi connectivity index (χ1) is 33.5. The van der Waals surface area contributed by atoms with Gasteiger partial charge in [-0.25, -0.2) is 27.8 Å². The van der Waals surface area contributed by atoms with Gasteiger partial charge >= 0.3 is 18.2 Å². The second-order valence-corrected chi connectivity index (χ2v) is 20.8. The average molecular weight is 1010 g/mol. The molecule has 0 spiro atoms. The maximum absolute atomic E-state index is 14.2. The fourth-order valence-electron chi connectivity index (χ4n) is 7.72. The van der Waals surface area contributed by atoms with Gasteiger partial charge in [-0.2, -0.15) is 4.90 Å². The molecule has 2 aliphatic heterocycles. The first kappa shape index (κ1) is 50.6. The van der Waals surface area contributed by atoms with Gasteiger partial charge in [-0.05, 0) is 60.7 Å². The second-order valence-electron chi connectivity index (χ2n) is 16.8. The number of carbonyl (C=O) groups is 5. The van der Waals surface area contributed by atoms with Gasteiger partial charge in [0.2, 0.25) is 0 Å². The van der Waals surface area contributed by atoms with Gasteiger partial charge < -0.3 is 34.4 Å². The molecule has 366 valence electrons. The minimum absolute atomic E-state index is 0.0465. The van der Waals surface area contributed by atoms with E-state index in [-0.39, 0.29) is 39.9 Å². The van der Waals surface area contributed by atoms with Crippen molar-refractivity contribution in [1.29, 1.82) is 0 Å². The maximum atomic E-state index is 14.2. The molecule has 2 N–H and O–H groups in total. The summed E-state index contributed by atoms with van der Waals surface area (Å²) in [5.74, 6) is -4.21. The van der Waals surface area contributed by atoms with Crippen molar-refractivity contribution >= 4 is 73.7 Å². The number of oxime groups is 1. The summed E-state index contributed by atoms with van der Waals surface area (Å²) >= 11 is 2.31. The molecule has 1 aromatic heterocycles. The molecule has 3 heterocycles. The number of hydrogen-bond donors (Lipinski definition) is 2. The number of β-lactam (4-membered cyclic amide) rings is 1. The molecule has 0 saturated carbocycles. The van der Waals surface area contributed by atoms with Crippen LogP contribution < -0.4 is 15.4 Å². The Morgan fingerprint density at radius 1 is 0.843 bits per heavy atom. The lowest BCUT2D eigenvalue weighted by Crippen LogP contribution is -2.71. The van der Waals surface area contributed by atoms with E-state index < -0.39 is 74.0 Å². The summed E-state index contributed by atoms with van der Waals surface area (Å²) in [4.78, 5) is 79.3. The van der Waals surface area contributed by atoms with Gasteiger partial charge in [-0.15, -0.1) is 23.1 Å². The summed E-state index contributed by atoms with van der Waals surface area (Å²) in [6.07, 6.45) is -2.56. The standard InChI is InChI=1S/C49H50N6O12S3/c1-48(2,3)67-47(60)54(46(59)64-5)30-70(61,62)29-32-27-68-43-39(42(57)55(43)40(32)44(58)66-26-31-22-24-36(63-4)25-23-31)51-41(56)38(53-65-6)37-28-69-45(50-37)52-49(33-16-10-7-11-17-33,34-18-12-8-13-19-34)35-20-14-9-15-21-35/h7-25,28,39,43H,26-27,29-30H2,1-6H3,(H,50,52)(H,51,56)/b53-38-/t39?,43-/m1/s1. The third-order valence-electron chi connectivity index (χ3n) is 10.8. The number of esters is 1.